The predicted molar refractivity (Wildman–Crippen MR) is 96.7 cm³/mol. The number of aliphatic imine (C=N–C) groups is 1. The summed E-state index contributed by atoms with van der Waals surface area (Å²) in [5.74, 6) is -2.07. The average Bonchev–Trinajstić information content (AvgIpc) is 2.58. The molecule has 0 spiro atoms. The molecule has 11 heteroatoms. The number of guanidine groups is 1. The molecule has 0 radical (unpaired) electrons. The molecule has 0 aromatic carbocycles. The van der Waals surface area contributed by atoms with E-state index < -0.39 is 48.7 Å². The van der Waals surface area contributed by atoms with Crippen LogP contribution in [-0.2, 0) is 14.3 Å². The summed E-state index contributed by atoms with van der Waals surface area (Å²) in [6, 6.07) is -1.54. The van der Waals surface area contributed by atoms with Crippen LogP contribution in [0.3, 0.4) is 0 Å². The first-order chi connectivity index (χ1) is 13.0. The number of carbonyl (C=O) groups is 2. The van der Waals surface area contributed by atoms with Gasteiger partial charge >= 0.3 is 12.1 Å². The van der Waals surface area contributed by atoms with Crippen molar-refractivity contribution >= 4 is 17.8 Å². The van der Waals surface area contributed by atoms with E-state index in [4.69, 9.17) is 10.5 Å². The third-order valence-electron chi connectivity index (χ3n) is 4.26. The molecule has 160 valence electrons. The van der Waals surface area contributed by atoms with Crippen LogP contribution in [-0.4, -0.2) is 60.0 Å². The largest absolute Gasteiger partial charge is 0.478 e. The van der Waals surface area contributed by atoms with Gasteiger partial charge in [-0.3, -0.25) is 4.79 Å². The molecule has 0 fully saturated rings. The summed E-state index contributed by atoms with van der Waals surface area (Å²) in [7, 11) is 0. The molecule has 0 aromatic rings. The van der Waals surface area contributed by atoms with Gasteiger partial charge in [0.25, 0.3) is 0 Å². The maximum Gasteiger partial charge on any atom is 0.408 e. The number of hydrogen-bond acceptors (Lipinski definition) is 4. The fourth-order valence-electron chi connectivity index (χ4n) is 2.92. The molecule has 3 atom stereocenters. The molecule has 5 N–H and O–H groups in total. The number of alkyl halides is 3. The standard InChI is InChI=1S/C17H27F3N4O4/c1-4-11(5-2)28-13-7-10(15(26)27)6-12(14(13)23-9(3)25)24-16(21)22-8-17(18,19)20/h7,11-14H,4-6,8H2,1-3H3,(H,23,25)(H,26,27)(H3,21,22,24)/t12-,13+,14+/m0/s1. The Labute approximate surface area is 161 Å². The van der Waals surface area contributed by atoms with Crippen LogP contribution in [0.1, 0.15) is 40.0 Å². The van der Waals surface area contributed by atoms with Gasteiger partial charge in [0.15, 0.2) is 5.96 Å². The molecule has 0 unspecified atom stereocenters. The molecule has 0 heterocycles. The lowest BCUT2D eigenvalue weighted by Crippen LogP contribution is -2.60. The first kappa shape index (κ1) is 23.7. The maximum absolute atomic E-state index is 12.3. The highest BCUT2D eigenvalue weighted by atomic mass is 19.4. The van der Waals surface area contributed by atoms with Gasteiger partial charge in [0.2, 0.25) is 5.91 Å². The summed E-state index contributed by atoms with van der Waals surface area (Å²) in [5.41, 5.74) is 5.56. The lowest BCUT2D eigenvalue weighted by molar-refractivity contribution is -0.133. The smallest absolute Gasteiger partial charge is 0.408 e. The maximum atomic E-state index is 12.3. The number of halogens is 3. The second-order valence-corrected chi connectivity index (χ2v) is 6.53. The Bertz CT molecular complexity index is 618. The normalized spacial score (nSPS) is 23.3. The molecule has 1 amide bonds. The van der Waals surface area contributed by atoms with E-state index in [9.17, 15) is 27.9 Å². The second-order valence-electron chi connectivity index (χ2n) is 6.53. The Hall–Kier alpha value is -2.30. The van der Waals surface area contributed by atoms with Crippen molar-refractivity contribution < 1.29 is 32.6 Å². The van der Waals surface area contributed by atoms with Gasteiger partial charge in [0.05, 0.1) is 24.3 Å². The van der Waals surface area contributed by atoms with Gasteiger partial charge in [-0.15, -0.1) is 0 Å². The first-order valence-electron chi connectivity index (χ1n) is 8.96. The number of ether oxygens (including phenoxy) is 1. The summed E-state index contributed by atoms with van der Waals surface area (Å²) in [4.78, 5) is 26.4. The minimum Gasteiger partial charge on any atom is -0.478 e. The Kier molecular flexibility index (Phi) is 8.73. The second kappa shape index (κ2) is 10.3. The van der Waals surface area contributed by atoms with Crippen LogP contribution in [0, 0.1) is 0 Å². The van der Waals surface area contributed by atoms with E-state index in [0.717, 1.165) is 0 Å². The predicted octanol–water partition coefficient (Wildman–Crippen LogP) is 1.31. The van der Waals surface area contributed by atoms with Crippen LogP contribution in [0.2, 0.25) is 0 Å². The Morgan fingerprint density at radius 1 is 1.36 bits per heavy atom. The van der Waals surface area contributed by atoms with E-state index >= 15 is 0 Å². The summed E-state index contributed by atoms with van der Waals surface area (Å²) < 4.78 is 43.0. The van der Waals surface area contributed by atoms with Crippen molar-refractivity contribution in [3.63, 3.8) is 0 Å². The average molecular weight is 408 g/mol. The number of nitrogens with zero attached hydrogens (tertiary/aromatic N) is 1. The van der Waals surface area contributed by atoms with Gasteiger partial charge in [0, 0.05) is 18.9 Å². The number of aliphatic carboxylic acids is 1. The van der Waals surface area contributed by atoms with Crippen molar-refractivity contribution in [2.75, 3.05) is 6.54 Å². The molecular weight excluding hydrogens is 381 g/mol. The molecule has 1 aliphatic rings. The molecule has 0 aromatic heterocycles. The number of amides is 1. The SMILES string of the molecule is CCC(CC)O[C@@H]1C=C(C(=O)O)C[C@H](NC(N)=NCC(F)(F)F)[C@H]1NC(C)=O. The fraction of sp³-hybridized carbons (Fsp3) is 0.706. The highest BCUT2D eigenvalue weighted by Crippen LogP contribution is 2.24. The van der Waals surface area contributed by atoms with E-state index in [1.807, 2.05) is 13.8 Å². The molecule has 1 aliphatic carbocycles. The summed E-state index contributed by atoms with van der Waals surface area (Å²) in [6.45, 7) is 3.62. The van der Waals surface area contributed by atoms with Crippen LogP contribution < -0.4 is 16.4 Å². The van der Waals surface area contributed by atoms with Crippen molar-refractivity contribution in [2.24, 2.45) is 10.7 Å². The van der Waals surface area contributed by atoms with E-state index in [-0.39, 0.29) is 18.1 Å². The zero-order chi connectivity index (χ0) is 21.5. The Morgan fingerprint density at radius 2 is 1.96 bits per heavy atom. The third kappa shape index (κ3) is 7.75. The topological polar surface area (TPSA) is 126 Å². The third-order valence-corrected chi connectivity index (χ3v) is 4.26. The molecule has 8 nitrogen and oxygen atoms in total. The number of nitrogens with two attached hydrogens (primary N) is 1. The van der Waals surface area contributed by atoms with Gasteiger partial charge in [-0.2, -0.15) is 13.2 Å². The molecule has 1 rings (SSSR count). The minimum atomic E-state index is -4.52. The van der Waals surface area contributed by atoms with Crippen molar-refractivity contribution in [2.45, 2.75) is 70.5 Å². The molecule has 0 bridgehead atoms. The van der Waals surface area contributed by atoms with Crippen LogP contribution in [0.25, 0.3) is 0 Å². The molecule has 0 aliphatic heterocycles. The Morgan fingerprint density at radius 3 is 2.43 bits per heavy atom. The Balaban J connectivity index is 3.14. The number of carbonyl (C=O) groups excluding carboxylic acids is 1. The van der Waals surface area contributed by atoms with Crippen LogP contribution in [0.15, 0.2) is 16.6 Å². The molecule has 0 saturated heterocycles. The van der Waals surface area contributed by atoms with Crippen molar-refractivity contribution in [3.05, 3.63) is 11.6 Å². The summed E-state index contributed by atoms with van der Waals surface area (Å²) in [6.07, 6.45) is -2.81. The van der Waals surface area contributed by atoms with E-state index in [1.54, 1.807) is 0 Å². The number of nitrogens with one attached hydrogen (secondary N) is 2. The molecule has 28 heavy (non-hydrogen) atoms. The lowest BCUT2D eigenvalue weighted by Gasteiger charge is -2.38. The van der Waals surface area contributed by atoms with Crippen LogP contribution in [0.4, 0.5) is 13.2 Å². The van der Waals surface area contributed by atoms with Crippen molar-refractivity contribution in [1.29, 1.82) is 0 Å². The van der Waals surface area contributed by atoms with Crippen LogP contribution in [0.5, 0.6) is 0 Å². The molecular formula is C17H27F3N4O4. The van der Waals surface area contributed by atoms with Crippen LogP contribution >= 0.6 is 0 Å². The highest BCUT2D eigenvalue weighted by Gasteiger charge is 2.38. The summed E-state index contributed by atoms with van der Waals surface area (Å²) >= 11 is 0. The summed E-state index contributed by atoms with van der Waals surface area (Å²) in [5, 5.41) is 14.7. The number of carboxylic acids is 1. The van der Waals surface area contributed by atoms with E-state index in [0.29, 0.717) is 12.8 Å². The van der Waals surface area contributed by atoms with Gasteiger partial charge in [-0.05, 0) is 18.9 Å². The number of hydrogen-bond donors (Lipinski definition) is 4. The zero-order valence-corrected chi connectivity index (χ0v) is 16.0. The zero-order valence-electron chi connectivity index (χ0n) is 16.0. The van der Waals surface area contributed by atoms with Gasteiger partial charge in [-0.25, -0.2) is 9.79 Å². The minimum absolute atomic E-state index is 0.0127. The van der Waals surface area contributed by atoms with Gasteiger partial charge < -0.3 is 26.2 Å². The lowest BCUT2D eigenvalue weighted by atomic mass is 9.87. The van der Waals surface area contributed by atoms with E-state index in [1.165, 1.54) is 13.0 Å². The van der Waals surface area contributed by atoms with Crippen molar-refractivity contribution in [3.8, 4) is 0 Å². The van der Waals surface area contributed by atoms with Crippen molar-refractivity contribution in [1.82, 2.24) is 10.6 Å². The quantitative estimate of drug-likeness (QED) is 0.354. The highest BCUT2D eigenvalue weighted by molar-refractivity contribution is 5.87. The number of carboxylic acid groups (broad SMARTS) is 1. The molecule has 0 saturated carbocycles. The van der Waals surface area contributed by atoms with Gasteiger partial charge in [0.1, 0.15) is 6.54 Å². The fourth-order valence-corrected chi connectivity index (χ4v) is 2.92. The van der Waals surface area contributed by atoms with Gasteiger partial charge in [-0.1, -0.05) is 13.8 Å². The monoisotopic (exact) mass is 408 g/mol. The number of rotatable bonds is 8. The van der Waals surface area contributed by atoms with E-state index in [2.05, 4.69) is 15.6 Å². The first-order valence-corrected chi connectivity index (χ1v) is 8.96.